The Hall–Kier alpha value is -2.00. The molecule has 0 unspecified atom stereocenters. The van der Waals surface area contributed by atoms with E-state index in [1.54, 1.807) is 18.2 Å². The van der Waals surface area contributed by atoms with E-state index < -0.39 is 0 Å². The molecule has 0 atom stereocenters. The van der Waals surface area contributed by atoms with Crippen molar-refractivity contribution >= 4 is 12.2 Å². The Morgan fingerprint density at radius 3 is 1.79 bits per heavy atom. The maximum Gasteiger partial charge on any atom is 0.157 e. The van der Waals surface area contributed by atoms with E-state index in [1.165, 1.54) is 30.3 Å². The van der Waals surface area contributed by atoms with Crippen LogP contribution in [0.2, 0.25) is 0 Å². The van der Waals surface area contributed by atoms with Crippen molar-refractivity contribution in [2.24, 2.45) is 0 Å². The summed E-state index contributed by atoms with van der Waals surface area (Å²) >= 11 is 0. The van der Waals surface area contributed by atoms with Gasteiger partial charge in [-0.2, -0.15) is 0 Å². The molecule has 19 heavy (non-hydrogen) atoms. The summed E-state index contributed by atoms with van der Waals surface area (Å²) in [7, 11) is 0. The van der Waals surface area contributed by atoms with E-state index in [2.05, 4.69) is 0 Å². The molecular weight excluding hydrogens is 298 g/mol. The van der Waals surface area contributed by atoms with Gasteiger partial charge in [-0.15, -0.1) is 0 Å². The molecular formula is C14H12O4Zn. The number of benzene rings is 2. The van der Waals surface area contributed by atoms with Crippen LogP contribution in [0.5, 0.6) is 23.0 Å². The van der Waals surface area contributed by atoms with E-state index in [0.29, 0.717) is 11.1 Å². The SMILES string of the molecule is Oc1cc(O)cc(/C=C/c2ccc(O)c(O)c2)c1.[Zn]. The van der Waals surface area contributed by atoms with E-state index in [9.17, 15) is 15.3 Å². The van der Waals surface area contributed by atoms with Crippen molar-refractivity contribution < 1.29 is 39.9 Å². The minimum atomic E-state index is -0.198. The zero-order valence-corrected chi connectivity index (χ0v) is 13.1. The minimum absolute atomic E-state index is 0. The number of hydrogen-bond donors (Lipinski definition) is 4. The Morgan fingerprint density at radius 2 is 1.21 bits per heavy atom. The van der Waals surface area contributed by atoms with Crippen LogP contribution in [0.3, 0.4) is 0 Å². The summed E-state index contributed by atoms with van der Waals surface area (Å²) < 4.78 is 0. The number of hydrogen-bond acceptors (Lipinski definition) is 4. The van der Waals surface area contributed by atoms with Crippen molar-refractivity contribution in [2.45, 2.75) is 0 Å². The van der Waals surface area contributed by atoms with Gasteiger partial charge in [0.25, 0.3) is 0 Å². The molecule has 2 rings (SSSR count). The monoisotopic (exact) mass is 308 g/mol. The maximum absolute atomic E-state index is 9.32. The largest absolute Gasteiger partial charge is 0.508 e. The number of rotatable bonds is 2. The van der Waals surface area contributed by atoms with E-state index in [4.69, 9.17) is 5.11 Å². The fourth-order valence-electron chi connectivity index (χ4n) is 1.55. The molecule has 0 aliphatic rings. The number of phenolic OH excluding ortho intramolecular Hbond substituents is 4. The van der Waals surface area contributed by atoms with Crippen LogP contribution in [0.4, 0.5) is 0 Å². The zero-order valence-electron chi connectivity index (χ0n) is 10.1. The van der Waals surface area contributed by atoms with E-state index in [0.717, 1.165) is 0 Å². The molecule has 0 spiro atoms. The van der Waals surface area contributed by atoms with Crippen molar-refractivity contribution in [1.29, 1.82) is 0 Å². The standard InChI is InChI=1S/C14H12O4.Zn/c15-11-5-10(6-12(16)8-11)2-1-9-3-4-13(17)14(18)7-9;/h1-8,15-18H;/b2-1+;. The van der Waals surface area contributed by atoms with E-state index in [-0.39, 0.29) is 42.5 Å². The molecule has 0 aliphatic carbocycles. The van der Waals surface area contributed by atoms with Crippen LogP contribution in [-0.4, -0.2) is 20.4 Å². The van der Waals surface area contributed by atoms with Gasteiger partial charge in [0.1, 0.15) is 11.5 Å². The molecule has 5 heteroatoms. The Labute approximate surface area is 123 Å². The van der Waals surface area contributed by atoms with Gasteiger partial charge < -0.3 is 20.4 Å². The summed E-state index contributed by atoms with van der Waals surface area (Å²) in [6.45, 7) is 0. The summed E-state index contributed by atoms with van der Waals surface area (Å²) in [4.78, 5) is 0. The first-order chi connectivity index (χ1) is 8.54. The Balaban J connectivity index is 0.00000180. The van der Waals surface area contributed by atoms with Crippen molar-refractivity contribution in [3.8, 4) is 23.0 Å². The summed E-state index contributed by atoms with van der Waals surface area (Å²) in [5, 5.41) is 37.1. The average molecular weight is 310 g/mol. The van der Waals surface area contributed by atoms with Gasteiger partial charge in [0.15, 0.2) is 11.5 Å². The van der Waals surface area contributed by atoms with E-state index in [1.807, 2.05) is 0 Å². The van der Waals surface area contributed by atoms with Gasteiger partial charge in [0.2, 0.25) is 0 Å². The Morgan fingerprint density at radius 1 is 0.632 bits per heavy atom. The van der Waals surface area contributed by atoms with Crippen LogP contribution in [-0.2, 0) is 19.5 Å². The molecule has 0 amide bonds. The average Bonchev–Trinajstić information content (AvgIpc) is 2.29. The van der Waals surface area contributed by atoms with E-state index >= 15 is 0 Å². The number of aromatic hydroxyl groups is 4. The summed E-state index contributed by atoms with van der Waals surface area (Å²) in [5.74, 6) is -0.426. The number of phenols is 4. The first kappa shape index (κ1) is 15.1. The van der Waals surface area contributed by atoms with Crippen LogP contribution in [0.1, 0.15) is 11.1 Å². The quantitative estimate of drug-likeness (QED) is 0.390. The third-order valence-electron chi connectivity index (χ3n) is 2.39. The van der Waals surface area contributed by atoms with Crippen LogP contribution >= 0.6 is 0 Å². The second-order valence-electron chi connectivity index (χ2n) is 3.86. The van der Waals surface area contributed by atoms with Crippen molar-refractivity contribution in [3.63, 3.8) is 0 Å². The molecule has 0 bridgehead atoms. The first-order valence-corrected chi connectivity index (χ1v) is 5.28. The second-order valence-corrected chi connectivity index (χ2v) is 3.86. The van der Waals surface area contributed by atoms with Gasteiger partial charge in [-0.3, -0.25) is 0 Å². The smallest absolute Gasteiger partial charge is 0.157 e. The van der Waals surface area contributed by atoms with Crippen molar-refractivity contribution in [1.82, 2.24) is 0 Å². The van der Waals surface area contributed by atoms with Gasteiger partial charge in [0.05, 0.1) is 0 Å². The second kappa shape index (κ2) is 6.25. The summed E-state index contributed by atoms with van der Waals surface area (Å²) in [6, 6.07) is 8.66. The predicted molar refractivity (Wildman–Crippen MR) is 68.5 cm³/mol. The van der Waals surface area contributed by atoms with Crippen LogP contribution in [0.25, 0.3) is 12.2 Å². The van der Waals surface area contributed by atoms with Gasteiger partial charge in [-0.05, 0) is 35.4 Å². The molecule has 0 heterocycles. The normalized spacial score (nSPS) is 10.3. The van der Waals surface area contributed by atoms with Gasteiger partial charge in [-0.1, -0.05) is 18.2 Å². The fourth-order valence-corrected chi connectivity index (χ4v) is 1.55. The molecule has 0 aliphatic heterocycles. The van der Waals surface area contributed by atoms with Crippen molar-refractivity contribution in [2.75, 3.05) is 0 Å². The first-order valence-electron chi connectivity index (χ1n) is 5.28. The molecule has 4 N–H and O–H groups in total. The van der Waals surface area contributed by atoms with Gasteiger partial charge in [0, 0.05) is 25.5 Å². The Kier molecular flexibility index (Phi) is 4.96. The molecule has 0 saturated carbocycles. The van der Waals surface area contributed by atoms with Crippen LogP contribution < -0.4 is 0 Å². The Bertz CT molecular complexity index is 588. The topological polar surface area (TPSA) is 80.9 Å². The molecule has 0 aromatic heterocycles. The molecule has 2 aromatic carbocycles. The zero-order chi connectivity index (χ0) is 13.1. The predicted octanol–water partition coefficient (Wildman–Crippen LogP) is 2.68. The fraction of sp³-hybridized carbons (Fsp3) is 0. The minimum Gasteiger partial charge on any atom is -0.508 e. The summed E-state index contributed by atoms with van der Waals surface area (Å²) in [5.41, 5.74) is 1.31. The molecule has 0 radical (unpaired) electrons. The van der Waals surface area contributed by atoms with Gasteiger partial charge >= 0.3 is 0 Å². The van der Waals surface area contributed by atoms with Crippen LogP contribution in [0, 0.1) is 0 Å². The maximum atomic E-state index is 9.32. The molecule has 94 valence electrons. The third kappa shape index (κ3) is 4.00. The van der Waals surface area contributed by atoms with Crippen LogP contribution in [0.15, 0.2) is 36.4 Å². The van der Waals surface area contributed by atoms with Crippen molar-refractivity contribution in [3.05, 3.63) is 47.5 Å². The molecule has 0 saturated heterocycles. The molecule has 4 nitrogen and oxygen atoms in total. The summed E-state index contributed by atoms with van der Waals surface area (Å²) in [6.07, 6.45) is 3.36. The molecule has 0 fully saturated rings. The molecule has 2 aromatic rings. The van der Waals surface area contributed by atoms with Gasteiger partial charge in [-0.25, -0.2) is 0 Å². The third-order valence-corrected chi connectivity index (χ3v) is 2.39.